The molecule has 1 aromatic carbocycles. The molecule has 0 unspecified atom stereocenters. The van der Waals surface area contributed by atoms with Crippen LogP contribution in [0.3, 0.4) is 0 Å². The Kier molecular flexibility index (Phi) is 5.10. The lowest BCUT2D eigenvalue weighted by Crippen LogP contribution is -2.37. The molecule has 0 aliphatic rings. The maximum Gasteiger partial charge on any atom is 0.330 e. The van der Waals surface area contributed by atoms with E-state index in [1.165, 1.54) is 29.1 Å². The van der Waals surface area contributed by atoms with E-state index in [4.69, 9.17) is 5.11 Å². The summed E-state index contributed by atoms with van der Waals surface area (Å²) in [7, 11) is 2.96. The summed E-state index contributed by atoms with van der Waals surface area (Å²) in [6, 6.07) is 7.59. The van der Waals surface area contributed by atoms with Gasteiger partial charge >= 0.3 is 11.7 Å². The van der Waals surface area contributed by atoms with Crippen LogP contribution >= 0.6 is 23.1 Å². The average Bonchev–Trinajstić information content (AvgIpc) is 3.04. The third-order valence-electron chi connectivity index (χ3n) is 3.62. The number of fused-ring (bicyclic) bond motifs is 1. The van der Waals surface area contributed by atoms with Crippen molar-refractivity contribution in [1.29, 1.82) is 0 Å². The molecule has 2 heterocycles. The molecule has 0 radical (unpaired) electrons. The van der Waals surface area contributed by atoms with Crippen molar-refractivity contribution in [2.24, 2.45) is 14.1 Å². The predicted molar refractivity (Wildman–Crippen MR) is 105 cm³/mol. The number of benzene rings is 1. The van der Waals surface area contributed by atoms with Crippen LogP contribution in [-0.4, -0.2) is 30.9 Å². The van der Waals surface area contributed by atoms with Crippen molar-refractivity contribution in [2.45, 2.75) is 0 Å². The fourth-order valence-electron chi connectivity index (χ4n) is 2.36. The second kappa shape index (κ2) is 7.30. The van der Waals surface area contributed by atoms with Crippen molar-refractivity contribution in [3.63, 3.8) is 0 Å². The number of aromatic nitrogens is 3. The molecule has 3 rings (SSSR count). The van der Waals surface area contributed by atoms with E-state index in [1.54, 1.807) is 13.1 Å². The van der Waals surface area contributed by atoms with Gasteiger partial charge in [0.2, 0.25) is 0 Å². The summed E-state index contributed by atoms with van der Waals surface area (Å²) < 4.78 is 3.30. The minimum absolute atomic E-state index is 0.159. The molecular formula is C17H15N3O4S2. The molecule has 134 valence electrons. The maximum atomic E-state index is 12.4. The Morgan fingerprint density at radius 1 is 1.31 bits per heavy atom. The molecule has 0 saturated carbocycles. The van der Waals surface area contributed by atoms with Crippen molar-refractivity contribution in [3.8, 4) is 0 Å². The van der Waals surface area contributed by atoms with Crippen LogP contribution < -0.4 is 11.2 Å². The van der Waals surface area contributed by atoms with E-state index in [2.05, 4.69) is 4.98 Å². The minimum atomic E-state index is -0.963. The molecule has 2 aromatic heterocycles. The lowest BCUT2D eigenvalue weighted by molar-refractivity contribution is -0.133. The molecule has 1 N–H and O–H groups in total. The monoisotopic (exact) mass is 389 g/mol. The zero-order chi connectivity index (χ0) is 18.8. The van der Waals surface area contributed by atoms with Gasteiger partial charge in [0.05, 0.1) is 21.5 Å². The number of hydrogen-bond acceptors (Lipinski definition) is 6. The van der Waals surface area contributed by atoms with Gasteiger partial charge in [-0.3, -0.25) is 14.2 Å². The fraction of sp³-hybridized carbons (Fsp3) is 0.176. The first kappa shape index (κ1) is 18.2. The maximum absolute atomic E-state index is 12.4. The van der Waals surface area contributed by atoms with Crippen molar-refractivity contribution in [1.82, 2.24) is 14.1 Å². The van der Waals surface area contributed by atoms with Crippen LogP contribution in [0.4, 0.5) is 0 Å². The molecule has 0 bridgehead atoms. The standard InChI is InChI=1S/C17H15N3O4S2/c1-19-8-10(16(23)20(2)17(19)24)7-13(25-9-14(21)22)15-18-11-5-3-4-6-12(11)26-15/h3-8H,9H2,1-2H3,(H,21,22)/b13-7-. The van der Waals surface area contributed by atoms with Crippen molar-refractivity contribution in [2.75, 3.05) is 5.75 Å². The third kappa shape index (κ3) is 3.63. The minimum Gasteiger partial charge on any atom is -0.481 e. The lowest BCUT2D eigenvalue weighted by atomic mass is 10.3. The first-order valence-electron chi connectivity index (χ1n) is 7.55. The van der Waals surface area contributed by atoms with Gasteiger partial charge in [0.25, 0.3) is 5.56 Å². The molecule has 0 atom stereocenters. The number of thiazole rings is 1. The SMILES string of the molecule is Cn1cc(/C=C(\SCC(=O)O)c2nc3ccccc3s2)c(=O)n(C)c1=O. The van der Waals surface area contributed by atoms with Crippen LogP contribution in [0.1, 0.15) is 10.6 Å². The summed E-state index contributed by atoms with van der Waals surface area (Å²) in [4.78, 5) is 40.3. The number of thioether (sulfide) groups is 1. The highest BCUT2D eigenvalue weighted by molar-refractivity contribution is 8.09. The van der Waals surface area contributed by atoms with E-state index in [0.29, 0.717) is 15.5 Å². The summed E-state index contributed by atoms with van der Waals surface area (Å²) in [6.45, 7) is 0. The Labute approximate surface area is 156 Å². The van der Waals surface area contributed by atoms with Crippen LogP contribution in [0.25, 0.3) is 21.2 Å². The van der Waals surface area contributed by atoms with E-state index in [9.17, 15) is 14.4 Å². The highest BCUT2D eigenvalue weighted by Crippen LogP contribution is 2.34. The number of carboxylic acids is 1. The Balaban J connectivity index is 2.15. The normalized spacial score (nSPS) is 11.8. The second-order valence-electron chi connectivity index (χ2n) is 5.52. The largest absolute Gasteiger partial charge is 0.481 e. The number of carboxylic acid groups (broad SMARTS) is 1. The quantitative estimate of drug-likeness (QED) is 0.717. The summed E-state index contributed by atoms with van der Waals surface area (Å²) in [6.07, 6.45) is 3.03. The molecular weight excluding hydrogens is 374 g/mol. The van der Waals surface area contributed by atoms with Gasteiger partial charge in [0.1, 0.15) is 5.01 Å². The van der Waals surface area contributed by atoms with Gasteiger partial charge in [-0.05, 0) is 18.2 Å². The molecule has 0 spiro atoms. The second-order valence-corrected chi connectivity index (χ2v) is 7.57. The number of aliphatic carboxylic acids is 1. The summed E-state index contributed by atoms with van der Waals surface area (Å²) >= 11 is 2.51. The number of carbonyl (C=O) groups is 1. The van der Waals surface area contributed by atoms with Crippen molar-refractivity contribution >= 4 is 50.3 Å². The Morgan fingerprint density at radius 3 is 2.73 bits per heavy atom. The zero-order valence-corrected chi connectivity index (χ0v) is 15.6. The summed E-state index contributed by atoms with van der Waals surface area (Å²) in [5.41, 5.74) is 0.235. The number of aryl methyl sites for hydroxylation is 1. The Morgan fingerprint density at radius 2 is 2.04 bits per heavy atom. The number of nitrogens with zero attached hydrogens (tertiary/aromatic N) is 3. The first-order valence-corrected chi connectivity index (χ1v) is 9.36. The summed E-state index contributed by atoms with van der Waals surface area (Å²) in [5, 5.41) is 9.65. The van der Waals surface area contributed by atoms with E-state index in [-0.39, 0.29) is 5.75 Å². The van der Waals surface area contributed by atoms with E-state index < -0.39 is 17.2 Å². The number of hydrogen-bond donors (Lipinski definition) is 1. The predicted octanol–water partition coefficient (Wildman–Crippen LogP) is 2.01. The molecule has 0 aliphatic heterocycles. The highest BCUT2D eigenvalue weighted by Gasteiger charge is 2.14. The van der Waals surface area contributed by atoms with Crippen LogP contribution in [0.15, 0.2) is 40.1 Å². The Hall–Kier alpha value is -2.65. The highest BCUT2D eigenvalue weighted by atomic mass is 32.2. The molecule has 0 aliphatic carbocycles. The molecule has 0 fully saturated rings. The molecule has 3 aromatic rings. The van der Waals surface area contributed by atoms with Crippen LogP contribution in [0, 0.1) is 0 Å². The van der Waals surface area contributed by atoms with Gasteiger partial charge < -0.3 is 9.67 Å². The molecule has 0 amide bonds. The number of rotatable bonds is 5. The smallest absolute Gasteiger partial charge is 0.330 e. The fourth-order valence-corrected chi connectivity index (χ4v) is 4.20. The van der Waals surface area contributed by atoms with E-state index in [1.807, 2.05) is 24.3 Å². The van der Waals surface area contributed by atoms with Gasteiger partial charge in [-0.2, -0.15) is 0 Å². The van der Waals surface area contributed by atoms with Crippen molar-refractivity contribution < 1.29 is 9.90 Å². The van der Waals surface area contributed by atoms with Gasteiger partial charge in [0.15, 0.2) is 0 Å². The first-order chi connectivity index (χ1) is 12.4. The van der Waals surface area contributed by atoms with Crippen molar-refractivity contribution in [3.05, 3.63) is 61.9 Å². The zero-order valence-electron chi connectivity index (χ0n) is 14.0. The average molecular weight is 389 g/mol. The lowest BCUT2D eigenvalue weighted by Gasteiger charge is -2.06. The van der Waals surface area contributed by atoms with Gasteiger partial charge in [-0.1, -0.05) is 12.1 Å². The van der Waals surface area contributed by atoms with Gasteiger partial charge in [0, 0.05) is 25.2 Å². The molecule has 0 saturated heterocycles. The Bertz CT molecular complexity index is 1110. The topological polar surface area (TPSA) is 94.2 Å². The van der Waals surface area contributed by atoms with E-state index >= 15 is 0 Å². The van der Waals surface area contributed by atoms with Gasteiger partial charge in [-0.25, -0.2) is 9.78 Å². The van der Waals surface area contributed by atoms with Crippen LogP contribution in [0.2, 0.25) is 0 Å². The van der Waals surface area contributed by atoms with Gasteiger partial charge in [-0.15, -0.1) is 23.1 Å². The molecule has 9 heteroatoms. The van der Waals surface area contributed by atoms with Crippen LogP contribution in [0.5, 0.6) is 0 Å². The van der Waals surface area contributed by atoms with E-state index in [0.717, 1.165) is 26.5 Å². The van der Waals surface area contributed by atoms with Crippen LogP contribution in [-0.2, 0) is 18.9 Å². The summed E-state index contributed by atoms with van der Waals surface area (Å²) in [5.74, 6) is -1.12. The third-order valence-corrected chi connectivity index (χ3v) is 5.83. The molecule has 26 heavy (non-hydrogen) atoms. The number of para-hydroxylation sites is 1. The molecule has 7 nitrogen and oxygen atoms in total.